The Morgan fingerprint density at radius 1 is 0.889 bits per heavy atom. The van der Waals surface area contributed by atoms with E-state index in [2.05, 4.69) is 5.32 Å². The summed E-state index contributed by atoms with van der Waals surface area (Å²) >= 11 is 18.0. The average molecular weight is 423 g/mol. The van der Waals surface area contributed by atoms with Crippen LogP contribution in [-0.2, 0) is 0 Å². The molecule has 0 aliphatic rings. The predicted molar refractivity (Wildman–Crippen MR) is 110 cm³/mol. The summed E-state index contributed by atoms with van der Waals surface area (Å²) in [5.74, 6) is -0.388. The van der Waals surface area contributed by atoms with Crippen molar-refractivity contribution in [3.8, 4) is 0 Å². The third-order valence-electron chi connectivity index (χ3n) is 4.09. The lowest BCUT2D eigenvalue weighted by atomic mass is 9.97. The molecule has 0 aromatic heterocycles. The molecule has 0 saturated heterocycles. The largest absolute Gasteiger partial charge is 0.378 e. The molecular weight excluding hydrogens is 408 g/mol. The second-order valence-electron chi connectivity index (χ2n) is 6.01. The van der Waals surface area contributed by atoms with E-state index in [-0.39, 0.29) is 24.1 Å². The molecule has 0 saturated carbocycles. The molecule has 0 heterocycles. The minimum atomic E-state index is -0.367. The molecule has 0 radical (unpaired) electrons. The first kappa shape index (κ1) is 19.7. The number of hydrogen-bond donors (Lipinski definition) is 1. The Morgan fingerprint density at radius 2 is 1.56 bits per heavy atom. The molecular formula is C21H15Cl3FNO. The Bertz CT molecular complexity index is 943. The van der Waals surface area contributed by atoms with Gasteiger partial charge in [0.1, 0.15) is 5.82 Å². The molecule has 2 nitrogen and oxygen atoms in total. The normalized spacial score (nSPS) is 11.9. The maximum absolute atomic E-state index is 13.2. The molecule has 27 heavy (non-hydrogen) atoms. The summed E-state index contributed by atoms with van der Waals surface area (Å²) in [4.78, 5) is 12.7. The molecule has 138 valence electrons. The zero-order valence-electron chi connectivity index (χ0n) is 14.1. The Morgan fingerprint density at radius 3 is 2.19 bits per heavy atom. The lowest BCUT2D eigenvalue weighted by Crippen LogP contribution is -2.16. The SMILES string of the molecule is O=C(CC(Nc1ccc(F)cc1)c1ccc(Cl)c(Cl)c1)c1ccc(Cl)cc1. The average Bonchev–Trinajstić information content (AvgIpc) is 2.65. The van der Waals surface area contributed by atoms with Crippen molar-refractivity contribution in [3.05, 3.63) is 98.7 Å². The lowest BCUT2D eigenvalue weighted by molar-refractivity contribution is 0.0976. The van der Waals surface area contributed by atoms with Gasteiger partial charge in [0.25, 0.3) is 0 Å². The van der Waals surface area contributed by atoms with Crippen LogP contribution in [0, 0.1) is 5.82 Å². The zero-order chi connectivity index (χ0) is 19.4. The van der Waals surface area contributed by atoms with E-state index in [0.29, 0.717) is 26.3 Å². The summed E-state index contributed by atoms with van der Waals surface area (Å²) in [6.07, 6.45) is 0.178. The first-order valence-corrected chi connectivity index (χ1v) is 9.31. The summed E-state index contributed by atoms with van der Waals surface area (Å²) in [5, 5.41) is 4.67. The summed E-state index contributed by atoms with van der Waals surface area (Å²) in [6.45, 7) is 0. The van der Waals surface area contributed by atoms with Gasteiger partial charge in [-0.1, -0.05) is 40.9 Å². The summed E-state index contributed by atoms with van der Waals surface area (Å²) in [6, 6.07) is 17.5. The van der Waals surface area contributed by atoms with Gasteiger partial charge >= 0.3 is 0 Å². The van der Waals surface area contributed by atoms with Crippen molar-refractivity contribution in [1.82, 2.24) is 0 Å². The van der Waals surface area contributed by atoms with Gasteiger partial charge < -0.3 is 5.32 Å². The minimum Gasteiger partial charge on any atom is -0.378 e. The summed E-state index contributed by atoms with van der Waals surface area (Å²) in [5.41, 5.74) is 2.05. The first-order valence-electron chi connectivity index (χ1n) is 8.18. The molecule has 0 fully saturated rings. The summed E-state index contributed by atoms with van der Waals surface area (Å²) in [7, 11) is 0. The van der Waals surface area contributed by atoms with Gasteiger partial charge in [-0.15, -0.1) is 0 Å². The number of halogens is 4. The molecule has 3 rings (SSSR count). The van der Waals surface area contributed by atoms with Gasteiger partial charge in [0, 0.05) is 22.7 Å². The molecule has 3 aromatic rings. The smallest absolute Gasteiger partial charge is 0.165 e. The van der Waals surface area contributed by atoms with Gasteiger partial charge in [0.2, 0.25) is 0 Å². The fourth-order valence-corrected chi connectivity index (χ4v) is 3.10. The maximum Gasteiger partial charge on any atom is 0.165 e. The predicted octanol–water partition coefficient (Wildman–Crippen LogP) is 7.21. The molecule has 0 aliphatic heterocycles. The van der Waals surface area contributed by atoms with Gasteiger partial charge in [0.15, 0.2) is 5.78 Å². The molecule has 3 aromatic carbocycles. The number of benzene rings is 3. The number of ketones is 1. The fourth-order valence-electron chi connectivity index (χ4n) is 2.67. The molecule has 0 spiro atoms. The van der Waals surface area contributed by atoms with Crippen LogP contribution >= 0.6 is 34.8 Å². The van der Waals surface area contributed by atoms with Gasteiger partial charge in [-0.3, -0.25) is 4.79 Å². The number of carbonyl (C=O) groups excluding carboxylic acids is 1. The number of Topliss-reactive ketones (excluding diaryl/α,β-unsaturated/α-hetero) is 1. The van der Waals surface area contributed by atoms with Crippen LogP contribution in [0.5, 0.6) is 0 Å². The number of anilines is 1. The first-order chi connectivity index (χ1) is 12.9. The third kappa shape index (κ3) is 5.23. The molecule has 0 aliphatic carbocycles. The quantitative estimate of drug-likeness (QED) is 0.425. The number of hydrogen-bond acceptors (Lipinski definition) is 2. The molecule has 0 amide bonds. The van der Waals surface area contributed by atoms with E-state index in [9.17, 15) is 9.18 Å². The highest BCUT2D eigenvalue weighted by atomic mass is 35.5. The van der Waals surface area contributed by atoms with Crippen molar-refractivity contribution >= 4 is 46.3 Å². The summed E-state index contributed by atoms with van der Waals surface area (Å²) < 4.78 is 13.2. The van der Waals surface area contributed by atoms with Crippen molar-refractivity contribution in [2.24, 2.45) is 0 Å². The Balaban J connectivity index is 1.88. The standard InChI is InChI=1S/C21H15Cl3FNO/c22-15-4-1-13(2-5-15)21(27)12-20(14-3-10-18(23)19(24)11-14)26-17-8-6-16(25)7-9-17/h1-11,20,26H,12H2. The lowest BCUT2D eigenvalue weighted by Gasteiger charge is -2.20. The van der Waals surface area contributed by atoms with Crippen molar-refractivity contribution in [2.75, 3.05) is 5.32 Å². The second-order valence-corrected chi connectivity index (χ2v) is 7.26. The van der Waals surface area contributed by atoms with Crippen molar-refractivity contribution in [3.63, 3.8) is 0 Å². The number of carbonyl (C=O) groups is 1. The van der Waals surface area contributed by atoms with Crippen LogP contribution in [0.3, 0.4) is 0 Å². The van der Waals surface area contributed by atoms with Gasteiger partial charge in [-0.2, -0.15) is 0 Å². The van der Waals surface area contributed by atoms with E-state index in [1.54, 1.807) is 48.5 Å². The Labute approximate surface area is 171 Å². The van der Waals surface area contributed by atoms with Gasteiger partial charge in [0.05, 0.1) is 16.1 Å². The van der Waals surface area contributed by atoms with Crippen LogP contribution in [0.2, 0.25) is 15.1 Å². The van der Waals surface area contributed by atoms with E-state index in [0.717, 1.165) is 5.56 Å². The van der Waals surface area contributed by atoms with Crippen molar-refractivity contribution in [2.45, 2.75) is 12.5 Å². The molecule has 1 unspecified atom stereocenters. The van der Waals surface area contributed by atoms with E-state index < -0.39 is 0 Å². The molecule has 0 bridgehead atoms. The highest BCUT2D eigenvalue weighted by Gasteiger charge is 2.18. The monoisotopic (exact) mass is 421 g/mol. The molecule has 1 atom stereocenters. The third-order valence-corrected chi connectivity index (χ3v) is 5.08. The van der Waals surface area contributed by atoms with Crippen LogP contribution in [0.1, 0.15) is 28.4 Å². The highest BCUT2D eigenvalue weighted by molar-refractivity contribution is 6.42. The van der Waals surface area contributed by atoms with Gasteiger partial charge in [-0.05, 0) is 66.2 Å². The van der Waals surface area contributed by atoms with Crippen LogP contribution < -0.4 is 5.32 Å². The van der Waals surface area contributed by atoms with E-state index >= 15 is 0 Å². The Kier molecular flexibility index (Phi) is 6.38. The van der Waals surface area contributed by atoms with Crippen LogP contribution in [0.15, 0.2) is 66.7 Å². The topological polar surface area (TPSA) is 29.1 Å². The molecule has 1 N–H and O–H groups in total. The van der Waals surface area contributed by atoms with Crippen molar-refractivity contribution < 1.29 is 9.18 Å². The van der Waals surface area contributed by atoms with Gasteiger partial charge in [-0.25, -0.2) is 4.39 Å². The van der Waals surface area contributed by atoms with E-state index in [1.807, 2.05) is 6.07 Å². The van der Waals surface area contributed by atoms with E-state index in [4.69, 9.17) is 34.8 Å². The van der Waals surface area contributed by atoms with Crippen molar-refractivity contribution in [1.29, 1.82) is 0 Å². The minimum absolute atomic E-state index is 0.0580. The van der Waals surface area contributed by atoms with Crippen LogP contribution in [0.4, 0.5) is 10.1 Å². The fraction of sp³-hybridized carbons (Fsp3) is 0.0952. The molecule has 6 heteroatoms. The van der Waals surface area contributed by atoms with E-state index in [1.165, 1.54) is 12.1 Å². The highest BCUT2D eigenvalue weighted by Crippen LogP contribution is 2.30. The van der Waals surface area contributed by atoms with Crippen LogP contribution in [-0.4, -0.2) is 5.78 Å². The zero-order valence-corrected chi connectivity index (χ0v) is 16.3. The van der Waals surface area contributed by atoms with Crippen LogP contribution in [0.25, 0.3) is 0 Å². The number of nitrogens with one attached hydrogen (secondary N) is 1. The Hall–Kier alpha value is -2.07. The second kappa shape index (κ2) is 8.75. The maximum atomic E-state index is 13.2. The number of rotatable bonds is 6.